The van der Waals surface area contributed by atoms with Gasteiger partial charge in [-0.05, 0) is 49.2 Å². The van der Waals surface area contributed by atoms with Crippen LogP contribution in [0.1, 0.15) is 42.5 Å². The molecule has 0 amide bonds. The first-order valence-corrected chi connectivity index (χ1v) is 10.3. The van der Waals surface area contributed by atoms with Gasteiger partial charge < -0.3 is 0 Å². The van der Waals surface area contributed by atoms with Gasteiger partial charge >= 0.3 is 5.76 Å². The number of aromatic nitrogens is 1. The first kappa shape index (κ1) is 19.4. The summed E-state index contributed by atoms with van der Waals surface area (Å²) in [6.07, 6.45) is 7.01. The summed E-state index contributed by atoms with van der Waals surface area (Å²) in [5, 5.41) is 0. The Morgan fingerprint density at radius 1 is 1.04 bits per heavy atom. The van der Waals surface area contributed by atoms with E-state index < -0.39 is 26.4 Å². The normalized spacial score (nSPS) is 16.6. The van der Waals surface area contributed by atoms with Gasteiger partial charge in [0.25, 0.3) is 5.91 Å². The SMILES string of the molecule is O=C(c1ccc(S(=O)(=O)C(F)F)cc1)n1ccccc1=NC1CCCCC1. The molecule has 0 atom stereocenters. The van der Waals surface area contributed by atoms with Gasteiger partial charge in [-0.15, -0.1) is 0 Å². The van der Waals surface area contributed by atoms with Crippen molar-refractivity contribution in [3.05, 3.63) is 59.7 Å². The van der Waals surface area contributed by atoms with Crippen molar-refractivity contribution in [2.45, 2.75) is 48.8 Å². The molecule has 0 saturated heterocycles. The molecule has 0 bridgehead atoms. The lowest BCUT2D eigenvalue weighted by molar-refractivity contribution is 0.0954. The number of alkyl halides is 2. The maximum absolute atomic E-state index is 12.8. The topological polar surface area (TPSA) is 68.5 Å². The third-order valence-electron chi connectivity index (χ3n) is 4.61. The van der Waals surface area contributed by atoms with Gasteiger partial charge in [-0.2, -0.15) is 8.78 Å². The molecule has 1 fully saturated rings. The minimum atomic E-state index is -4.68. The second kappa shape index (κ2) is 8.12. The summed E-state index contributed by atoms with van der Waals surface area (Å²) in [6, 6.07) is 9.95. The zero-order valence-electron chi connectivity index (χ0n) is 14.6. The van der Waals surface area contributed by atoms with Crippen molar-refractivity contribution in [2.24, 2.45) is 4.99 Å². The van der Waals surface area contributed by atoms with E-state index in [2.05, 4.69) is 0 Å². The van der Waals surface area contributed by atoms with Crippen LogP contribution in [0.15, 0.2) is 58.5 Å². The van der Waals surface area contributed by atoms with E-state index in [0.717, 1.165) is 37.8 Å². The summed E-state index contributed by atoms with van der Waals surface area (Å²) in [5.41, 5.74) is 0.721. The molecule has 0 spiro atoms. The van der Waals surface area contributed by atoms with Crippen molar-refractivity contribution >= 4 is 15.7 Å². The monoisotopic (exact) mass is 394 g/mol. The molecular formula is C19H20F2N2O3S. The number of benzene rings is 1. The molecule has 3 rings (SSSR count). The summed E-state index contributed by atoms with van der Waals surface area (Å²) in [6.45, 7) is 0. The summed E-state index contributed by atoms with van der Waals surface area (Å²) < 4.78 is 49.7. The lowest BCUT2D eigenvalue weighted by Gasteiger charge is -2.17. The van der Waals surface area contributed by atoms with E-state index in [4.69, 9.17) is 4.99 Å². The molecule has 1 aromatic carbocycles. The molecule has 1 aliphatic carbocycles. The Morgan fingerprint density at radius 3 is 2.33 bits per heavy atom. The van der Waals surface area contributed by atoms with Crippen molar-refractivity contribution in [3.63, 3.8) is 0 Å². The summed E-state index contributed by atoms with van der Waals surface area (Å²) >= 11 is 0. The molecule has 1 aliphatic rings. The van der Waals surface area contributed by atoms with Crippen molar-refractivity contribution < 1.29 is 22.0 Å². The fourth-order valence-electron chi connectivity index (χ4n) is 3.14. The largest absolute Gasteiger partial charge is 0.341 e. The maximum atomic E-state index is 12.8. The third kappa shape index (κ3) is 4.32. The van der Waals surface area contributed by atoms with E-state index in [9.17, 15) is 22.0 Å². The van der Waals surface area contributed by atoms with Crippen LogP contribution in [0, 0.1) is 0 Å². The fourth-order valence-corrected chi connectivity index (χ4v) is 3.86. The Morgan fingerprint density at radius 2 is 1.70 bits per heavy atom. The van der Waals surface area contributed by atoms with Crippen LogP contribution in [0.5, 0.6) is 0 Å². The van der Waals surface area contributed by atoms with E-state index in [1.807, 2.05) is 0 Å². The highest BCUT2D eigenvalue weighted by Crippen LogP contribution is 2.20. The Kier molecular flexibility index (Phi) is 5.84. The van der Waals surface area contributed by atoms with Gasteiger partial charge in [-0.1, -0.05) is 25.3 Å². The van der Waals surface area contributed by atoms with Crippen molar-refractivity contribution in [1.29, 1.82) is 0 Å². The second-order valence-corrected chi connectivity index (χ2v) is 8.40. The highest BCUT2D eigenvalue weighted by Gasteiger charge is 2.26. The molecule has 0 N–H and O–H groups in total. The van der Waals surface area contributed by atoms with Crippen molar-refractivity contribution in [2.75, 3.05) is 0 Å². The Bertz CT molecular complexity index is 977. The molecular weight excluding hydrogens is 374 g/mol. The van der Waals surface area contributed by atoms with E-state index >= 15 is 0 Å². The van der Waals surface area contributed by atoms with Crippen LogP contribution in [0.25, 0.3) is 0 Å². The van der Waals surface area contributed by atoms with Crippen molar-refractivity contribution in [1.82, 2.24) is 4.57 Å². The number of halogens is 2. The maximum Gasteiger partial charge on any atom is 0.341 e. The molecule has 1 saturated carbocycles. The minimum Gasteiger partial charge on any atom is -0.268 e. The van der Waals surface area contributed by atoms with Crippen LogP contribution in [0.4, 0.5) is 8.78 Å². The summed E-state index contributed by atoms with van der Waals surface area (Å²) in [4.78, 5) is 17.0. The first-order chi connectivity index (χ1) is 12.9. The van der Waals surface area contributed by atoms with Gasteiger partial charge in [0.1, 0.15) is 5.49 Å². The molecule has 5 nitrogen and oxygen atoms in total. The zero-order valence-corrected chi connectivity index (χ0v) is 15.4. The summed E-state index contributed by atoms with van der Waals surface area (Å²) in [7, 11) is -4.68. The summed E-state index contributed by atoms with van der Waals surface area (Å²) in [5.74, 6) is -3.89. The fraction of sp³-hybridized carbons (Fsp3) is 0.368. The number of sulfone groups is 1. The van der Waals surface area contributed by atoms with Gasteiger partial charge in [0, 0.05) is 11.8 Å². The van der Waals surface area contributed by atoms with Gasteiger partial charge in [-0.25, -0.2) is 8.42 Å². The lowest BCUT2D eigenvalue weighted by atomic mass is 9.96. The standard InChI is InChI=1S/C19H20F2N2O3S/c20-19(21)27(25,26)16-11-9-14(10-12-16)18(24)23-13-5-4-8-17(23)22-15-6-2-1-3-7-15/h4-5,8-13,15,19H,1-3,6-7H2. The van der Waals surface area contributed by atoms with Crippen LogP contribution in [0.3, 0.4) is 0 Å². The smallest absolute Gasteiger partial charge is 0.268 e. The zero-order chi connectivity index (χ0) is 19.4. The number of hydrogen-bond donors (Lipinski definition) is 0. The average Bonchev–Trinajstić information content (AvgIpc) is 2.68. The molecule has 0 aliphatic heterocycles. The lowest BCUT2D eigenvalue weighted by Crippen LogP contribution is -2.29. The number of nitrogens with zero attached hydrogens (tertiary/aromatic N) is 2. The van der Waals surface area contributed by atoms with E-state index in [-0.39, 0.29) is 11.6 Å². The van der Waals surface area contributed by atoms with Gasteiger partial charge in [0.15, 0.2) is 0 Å². The molecule has 8 heteroatoms. The van der Waals surface area contributed by atoms with E-state index in [1.165, 1.54) is 23.1 Å². The molecule has 27 heavy (non-hydrogen) atoms. The van der Waals surface area contributed by atoms with E-state index in [0.29, 0.717) is 5.49 Å². The second-order valence-electron chi connectivity index (χ2n) is 6.48. The Labute approximate surface area is 156 Å². The number of carbonyl (C=O) groups is 1. The molecule has 144 valence electrons. The molecule has 0 radical (unpaired) electrons. The quantitative estimate of drug-likeness (QED) is 0.798. The van der Waals surface area contributed by atoms with E-state index in [1.54, 1.807) is 24.4 Å². The Balaban J connectivity index is 1.92. The van der Waals surface area contributed by atoms with Crippen LogP contribution >= 0.6 is 0 Å². The highest BCUT2D eigenvalue weighted by molar-refractivity contribution is 7.91. The first-order valence-electron chi connectivity index (χ1n) is 8.78. The number of carbonyl (C=O) groups excluding carboxylic acids is 1. The number of rotatable bonds is 4. The average molecular weight is 394 g/mol. The minimum absolute atomic E-state index is 0.179. The van der Waals surface area contributed by atoms with Gasteiger partial charge in [0.2, 0.25) is 9.84 Å². The number of hydrogen-bond acceptors (Lipinski definition) is 4. The third-order valence-corrected chi connectivity index (χ3v) is 6.01. The van der Waals surface area contributed by atoms with Crippen LogP contribution in [-0.2, 0) is 9.84 Å². The molecule has 1 heterocycles. The highest BCUT2D eigenvalue weighted by atomic mass is 32.2. The Hall–Kier alpha value is -2.35. The predicted octanol–water partition coefficient (Wildman–Crippen LogP) is 3.41. The van der Waals surface area contributed by atoms with Crippen molar-refractivity contribution in [3.8, 4) is 0 Å². The van der Waals surface area contributed by atoms with Crippen LogP contribution in [-0.4, -0.2) is 30.7 Å². The molecule has 0 unspecified atom stereocenters. The van der Waals surface area contributed by atoms with Crippen LogP contribution in [0.2, 0.25) is 0 Å². The van der Waals surface area contributed by atoms with Gasteiger partial charge in [0.05, 0.1) is 10.9 Å². The number of pyridine rings is 1. The van der Waals surface area contributed by atoms with Gasteiger partial charge in [-0.3, -0.25) is 14.4 Å². The molecule has 2 aromatic rings. The predicted molar refractivity (Wildman–Crippen MR) is 96.2 cm³/mol. The van der Waals surface area contributed by atoms with Crippen LogP contribution < -0.4 is 5.49 Å². The molecule has 1 aromatic heterocycles.